The van der Waals surface area contributed by atoms with E-state index < -0.39 is 0 Å². The fourth-order valence-corrected chi connectivity index (χ4v) is 5.09. The van der Waals surface area contributed by atoms with Crippen LogP contribution in [0, 0.1) is 0 Å². The first-order chi connectivity index (χ1) is 19.5. The molecule has 206 valence electrons. The summed E-state index contributed by atoms with van der Waals surface area (Å²) < 4.78 is 6.94. The molecule has 11 nitrogen and oxygen atoms in total. The maximum absolute atomic E-state index is 11.7. The SMILES string of the molecule is C=CC(=O)Nc1cccc(Oc2nc(Nc3ccc(N4CCN(CCC(=O)NO)CC4)cc3)nc3ccsc23)c1. The van der Waals surface area contributed by atoms with Gasteiger partial charge < -0.3 is 20.3 Å². The van der Waals surface area contributed by atoms with Crippen LogP contribution in [0.15, 0.2) is 72.6 Å². The number of piperazine rings is 1. The highest BCUT2D eigenvalue weighted by Gasteiger charge is 2.18. The molecule has 1 fully saturated rings. The van der Waals surface area contributed by atoms with E-state index in [1.165, 1.54) is 17.4 Å². The number of hydrogen-bond acceptors (Lipinski definition) is 10. The summed E-state index contributed by atoms with van der Waals surface area (Å²) in [4.78, 5) is 36.7. The van der Waals surface area contributed by atoms with Gasteiger partial charge in [0.2, 0.25) is 23.6 Å². The second kappa shape index (κ2) is 12.6. The molecule has 5 rings (SSSR count). The van der Waals surface area contributed by atoms with E-state index in [0.717, 1.165) is 47.8 Å². The van der Waals surface area contributed by atoms with Gasteiger partial charge in [-0.3, -0.25) is 19.7 Å². The predicted molar refractivity (Wildman–Crippen MR) is 156 cm³/mol. The van der Waals surface area contributed by atoms with E-state index in [1.807, 2.05) is 23.6 Å². The maximum atomic E-state index is 11.7. The van der Waals surface area contributed by atoms with Crippen molar-refractivity contribution in [2.45, 2.75) is 6.42 Å². The Morgan fingerprint density at radius 2 is 1.85 bits per heavy atom. The van der Waals surface area contributed by atoms with Crippen LogP contribution in [0.4, 0.5) is 23.0 Å². The van der Waals surface area contributed by atoms with Crippen molar-refractivity contribution in [3.05, 3.63) is 72.6 Å². The molecule has 2 aromatic heterocycles. The number of ether oxygens (including phenoxy) is 1. The van der Waals surface area contributed by atoms with Gasteiger partial charge in [-0.15, -0.1) is 11.3 Å². The molecule has 2 amide bonds. The molecule has 0 spiro atoms. The Balaban J connectivity index is 1.24. The van der Waals surface area contributed by atoms with Gasteiger partial charge in [0, 0.05) is 62.3 Å². The van der Waals surface area contributed by atoms with E-state index in [1.54, 1.807) is 29.7 Å². The number of hydroxylamine groups is 1. The van der Waals surface area contributed by atoms with Gasteiger partial charge in [-0.2, -0.15) is 4.98 Å². The number of carbonyl (C=O) groups is 2. The first-order valence-electron chi connectivity index (χ1n) is 12.7. The quantitative estimate of drug-likeness (QED) is 0.127. The lowest BCUT2D eigenvalue weighted by molar-refractivity contribution is -0.129. The van der Waals surface area contributed by atoms with Crippen LogP contribution in [-0.4, -0.2) is 64.6 Å². The number of carbonyl (C=O) groups excluding carboxylic acids is 2. The summed E-state index contributed by atoms with van der Waals surface area (Å²) in [5.41, 5.74) is 4.98. The standard InChI is InChI=1S/C28H29N7O4S/c1-2-24(36)29-20-4-3-5-22(18-20)39-27-26-23(11-17-40-26)31-28(32-27)30-19-6-8-21(9-7-19)35-15-13-34(14-16-35)12-10-25(37)33-38/h2-9,11,17-18,38H,1,10,12-16H2,(H,29,36)(H,33,37)(H,30,31,32). The molecule has 1 aliphatic rings. The molecular formula is C28H29N7O4S. The van der Waals surface area contributed by atoms with Crippen molar-refractivity contribution in [2.24, 2.45) is 0 Å². The molecule has 0 aliphatic carbocycles. The lowest BCUT2D eigenvalue weighted by atomic mass is 10.2. The van der Waals surface area contributed by atoms with E-state index in [-0.39, 0.29) is 18.2 Å². The highest BCUT2D eigenvalue weighted by Crippen LogP contribution is 2.34. The number of amides is 2. The number of anilines is 4. The third-order valence-electron chi connectivity index (χ3n) is 6.41. The average Bonchev–Trinajstić information content (AvgIpc) is 3.46. The normalized spacial score (nSPS) is 13.6. The molecule has 0 bridgehead atoms. The number of nitrogens with zero attached hydrogens (tertiary/aromatic N) is 4. The molecule has 1 saturated heterocycles. The van der Waals surface area contributed by atoms with Crippen molar-refractivity contribution in [3.8, 4) is 11.6 Å². The molecule has 0 radical (unpaired) electrons. The zero-order valence-electron chi connectivity index (χ0n) is 21.7. The van der Waals surface area contributed by atoms with Crippen LogP contribution in [0.3, 0.4) is 0 Å². The van der Waals surface area contributed by atoms with E-state index in [9.17, 15) is 9.59 Å². The molecule has 0 unspecified atom stereocenters. The topological polar surface area (TPSA) is 132 Å². The molecule has 3 heterocycles. The molecule has 12 heteroatoms. The minimum atomic E-state index is -0.366. The van der Waals surface area contributed by atoms with Gasteiger partial charge in [-0.25, -0.2) is 10.5 Å². The first kappa shape index (κ1) is 27.1. The van der Waals surface area contributed by atoms with Gasteiger partial charge in [0.25, 0.3) is 0 Å². The van der Waals surface area contributed by atoms with Crippen molar-refractivity contribution in [2.75, 3.05) is 48.3 Å². The van der Waals surface area contributed by atoms with E-state index >= 15 is 0 Å². The Labute approximate surface area is 235 Å². The fourth-order valence-electron chi connectivity index (χ4n) is 4.33. The second-order valence-corrected chi connectivity index (χ2v) is 10.0. The Morgan fingerprint density at radius 1 is 1.05 bits per heavy atom. The van der Waals surface area contributed by atoms with Gasteiger partial charge in [-0.1, -0.05) is 12.6 Å². The summed E-state index contributed by atoms with van der Waals surface area (Å²) in [6, 6.07) is 17.1. The third-order valence-corrected chi connectivity index (χ3v) is 7.31. The van der Waals surface area contributed by atoms with Gasteiger partial charge in [0.05, 0.1) is 5.52 Å². The van der Waals surface area contributed by atoms with Crippen molar-refractivity contribution in [3.63, 3.8) is 0 Å². The van der Waals surface area contributed by atoms with Crippen LogP contribution in [-0.2, 0) is 9.59 Å². The summed E-state index contributed by atoms with van der Waals surface area (Å²) in [5.74, 6) is 0.687. The van der Waals surface area contributed by atoms with Crippen molar-refractivity contribution in [1.29, 1.82) is 0 Å². The van der Waals surface area contributed by atoms with Crippen molar-refractivity contribution >= 4 is 56.4 Å². The molecule has 0 saturated carbocycles. The number of fused-ring (bicyclic) bond motifs is 1. The fraction of sp³-hybridized carbons (Fsp3) is 0.214. The lowest BCUT2D eigenvalue weighted by Crippen LogP contribution is -2.47. The Bertz CT molecular complexity index is 1500. The number of thiophene rings is 1. The Morgan fingerprint density at radius 3 is 2.60 bits per heavy atom. The monoisotopic (exact) mass is 559 g/mol. The van der Waals surface area contributed by atoms with Crippen LogP contribution >= 0.6 is 11.3 Å². The molecule has 1 aliphatic heterocycles. The van der Waals surface area contributed by atoms with Crippen LogP contribution in [0.25, 0.3) is 10.2 Å². The van der Waals surface area contributed by atoms with Gasteiger partial charge in [0.15, 0.2) is 0 Å². The van der Waals surface area contributed by atoms with Gasteiger partial charge >= 0.3 is 0 Å². The smallest absolute Gasteiger partial charge is 0.247 e. The second-order valence-electron chi connectivity index (χ2n) is 9.10. The van der Waals surface area contributed by atoms with Crippen LogP contribution in [0.5, 0.6) is 11.6 Å². The lowest BCUT2D eigenvalue weighted by Gasteiger charge is -2.36. The molecule has 0 atom stereocenters. The largest absolute Gasteiger partial charge is 0.437 e. The number of aromatic nitrogens is 2. The van der Waals surface area contributed by atoms with Crippen LogP contribution < -0.4 is 25.8 Å². The molecule has 2 aromatic carbocycles. The van der Waals surface area contributed by atoms with Crippen molar-refractivity contribution in [1.82, 2.24) is 20.3 Å². The molecular weight excluding hydrogens is 530 g/mol. The summed E-state index contributed by atoms with van der Waals surface area (Å²) in [7, 11) is 0. The van der Waals surface area contributed by atoms with E-state index in [4.69, 9.17) is 9.94 Å². The number of benzene rings is 2. The molecule has 4 N–H and O–H groups in total. The zero-order valence-corrected chi connectivity index (χ0v) is 22.5. The summed E-state index contributed by atoms with van der Waals surface area (Å²) in [5, 5.41) is 16.6. The maximum Gasteiger partial charge on any atom is 0.247 e. The average molecular weight is 560 g/mol. The zero-order chi connectivity index (χ0) is 27.9. The summed E-state index contributed by atoms with van der Waals surface area (Å²) >= 11 is 1.49. The van der Waals surface area contributed by atoms with E-state index in [2.05, 4.69) is 49.1 Å². The number of hydrogen-bond donors (Lipinski definition) is 4. The van der Waals surface area contributed by atoms with Crippen LogP contribution in [0.2, 0.25) is 0 Å². The van der Waals surface area contributed by atoms with Gasteiger partial charge in [-0.05, 0) is 53.9 Å². The Kier molecular flexibility index (Phi) is 8.50. The number of rotatable bonds is 10. The minimum absolute atomic E-state index is 0.281. The van der Waals surface area contributed by atoms with Gasteiger partial charge in [0.1, 0.15) is 10.4 Å². The van der Waals surface area contributed by atoms with E-state index in [0.29, 0.717) is 29.8 Å². The predicted octanol–water partition coefficient (Wildman–Crippen LogP) is 4.37. The molecule has 4 aromatic rings. The summed E-state index contributed by atoms with van der Waals surface area (Å²) in [6.45, 7) is 7.50. The third kappa shape index (κ3) is 6.72. The molecule has 40 heavy (non-hydrogen) atoms. The highest BCUT2D eigenvalue weighted by molar-refractivity contribution is 7.17. The first-order valence-corrected chi connectivity index (χ1v) is 13.6. The summed E-state index contributed by atoms with van der Waals surface area (Å²) in [6.07, 6.45) is 1.49. The van der Waals surface area contributed by atoms with Crippen molar-refractivity contribution < 1.29 is 19.5 Å². The highest BCUT2D eigenvalue weighted by atomic mass is 32.1. The van der Waals surface area contributed by atoms with Crippen LogP contribution in [0.1, 0.15) is 6.42 Å². The number of nitrogens with one attached hydrogen (secondary N) is 3. The minimum Gasteiger partial charge on any atom is -0.437 e. The Hall–Kier alpha value is -4.52.